The first-order chi connectivity index (χ1) is 13.2. The molecule has 1 atom stereocenters. The van der Waals surface area contributed by atoms with Crippen molar-refractivity contribution in [2.45, 2.75) is 45.3 Å². The molecule has 152 valence electrons. The second kappa shape index (κ2) is 9.50. The van der Waals surface area contributed by atoms with Crippen LogP contribution in [-0.2, 0) is 9.22 Å². The summed E-state index contributed by atoms with van der Waals surface area (Å²) in [7, 11) is -0.745. The minimum atomic E-state index is -2.75. The van der Waals surface area contributed by atoms with Gasteiger partial charge in [0.15, 0.2) is 0 Å². The summed E-state index contributed by atoms with van der Waals surface area (Å²) in [6, 6.07) is 20.7. The van der Waals surface area contributed by atoms with Gasteiger partial charge in [-0.3, -0.25) is 4.79 Å². The quantitative estimate of drug-likeness (QED) is 0.657. The molecule has 0 fully saturated rings. The van der Waals surface area contributed by atoms with Crippen LogP contribution in [0.15, 0.2) is 60.7 Å². The number of aliphatic carboxylic acids is 1. The summed E-state index contributed by atoms with van der Waals surface area (Å²) in [4.78, 5) is 13.7. The van der Waals surface area contributed by atoms with Crippen LogP contribution in [0.25, 0.3) is 0 Å². The first-order valence-electron chi connectivity index (χ1n) is 9.90. The van der Waals surface area contributed by atoms with Crippen molar-refractivity contribution in [1.82, 2.24) is 4.90 Å². The van der Waals surface area contributed by atoms with Gasteiger partial charge < -0.3 is 14.4 Å². The third-order valence-corrected chi connectivity index (χ3v) is 10.3. The van der Waals surface area contributed by atoms with Gasteiger partial charge in [-0.1, -0.05) is 88.4 Å². The van der Waals surface area contributed by atoms with Crippen LogP contribution in [0.1, 0.15) is 34.1 Å². The monoisotopic (exact) mass is 399 g/mol. The Balaban J connectivity index is 2.63. The van der Waals surface area contributed by atoms with E-state index < -0.39 is 14.3 Å². The Morgan fingerprint density at radius 2 is 1.50 bits per heavy atom. The number of likely N-dealkylation sites (N-methyl/N-ethyl adjacent to an activating group) is 1. The van der Waals surface area contributed by atoms with E-state index in [9.17, 15) is 9.90 Å². The molecule has 0 amide bonds. The number of hydrogen-bond acceptors (Lipinski definition) is 3. The van der Waals surface area contributed by atoms with Crippen LogP contribution >= 0.6 is 0 Å². The Morgan fingerprint density at radius 3 is 1.86 bits per heavy atom. The molecule has 1 unspecified atom stereocenters. The van der Waals surface area contributed by atoms with Gasteiger partial charge in [-0.15, -0.1) is 0 Å². The molecule has 0 aliphatic heterocycles. The molecule has 0 bridgehead atoms. The molecule has 4 nitrogen and oxygen atoms in total. The van der Waals surface area contributed by atoms with Crippen LogP contribution in [0, 0.1) is 0 Å². The predicted molar refractivity (Wildman–Crippen MR) is 118 cm³/mol. The summed E-state index contributed by atoms with van der Waals surface area (Å²) in [5, 5.41) is 11.7. The van der Waals surface area contributed by atoms with Gasteiger partial charge in [-0.25, -0.2) is 0 Å². The highest BCUT2D eigenvalue weighted by molar-refractivity contribution is 6.99. The van der Waals surface area contributed by atoms with Gasteiger partial charge in [0.2, 0.25) is 0 Å². The predicted octanol–water partition coefficient (Wildman–Crippen LogP) is 3.36. The molecule has 0 aromatic heterocycles. The van der Waals surface area contributed by atoms with Crippen molar-refractivity contribution in [2.24, 2.45) is 0 Å². The van der Waals surface area contributed by atoms with Gasteiger partial charge >= 0.3 is 5.97 Å². The highest BCUT2D eigenvalue weighted by Crippen LogP contribution is 2.37. The molecular weight excluding hydrogens is 366 g/mol. The third kappa shape index (κ3) is 5.10. The van der Waals surface area contributed by atoms with Crippen LogP contribution in [0.3, 0.4) is 0 Å². The van der Waals surface area contributed by atoms with E-state index in [0.717, 1.165) is 6.54 Å². The van der Waals surface area contributed by atoms with E-state index in [2.05, 4.69) is 56.9 Å². The van der Waals surface area contributed by atoms with Gasteiger partial charge in [0.1, 0.15) is 0 Å². The van der Waals surface area contributed by atoms with Crippen molar-refractivity contribution < 1.29 is 14.3 Å². The lowest BCUT2D eigenvalue weighted by Gasteiger charge is -2.45. The summed E-state index contributed by atoms with van der Waals surface area (Å²) >= 11 is 0. The van der Waals surface area contributed by atoms with Gasteiger partial charge in [-0.2, -0.15) is 0 Å². The molecule has 5 heteroatoms. The lowest BCUT2D eigenvalue weighted by atomic mass is 10.2. The zero-order valence-electron chi connectivity index (χ0n) is 17.7. The highest BCUT2D eigenvalue weighted by Gasteiger charge is 2.51. The van der Waals surface area contributed by atoms with Crippen LogP contribution < -0.4 is 10.4 Å². The van der Waals surface area contributed by atoms with Crippen molar-refractivity contribution in [3.63, 3.8) is 0 Å². The first-order valence-corrected chi connectivity index (χ1v) is 11.8. The van der Waals surface area contributed by atoms with E-state index in [-0.39, 0.29) is 17.6 Å². The Bertz CT molecular complexity index is 704. The Kier molecular flexibility index (Phi) is 7.58. The summed E-state index contributed by atoms with van der Waals surface area (Å²) in [6.07, 6.45) is -0.386. The SMILES string of the molecule is CCN(C)CC(CC(=O)O)O[Si](c1ccccc1)(c1ccccc1)C(C)(C)C. The molecule has 2 rings (SSSR count). The second-order valence-corrected chi connectivity index (χ2v) is 12.6. The molecule has 2 aromatic rings. The topological polar surface area (TPSA) is 49.8 Å². The van der Waals surface area contributed by atoms with Crippen molar-refractivity contribution in [2.75, 3.05) is 20.1 Å². The molecule has 0 saturated heterocycles. The molecule has 0 spiro atoms. The number of carbonyl (C=O) groups is 1. The van der Waals surface area contributed by atoms with E-state index in [1.165, 1.54) is 10.4 Å². The maximum atomic E-state index is 11.6. The van der Waals surface area contributed by atoms with Crippen molar-refractivity contribution in [1.29, 1.82) is 0 Å². The molecule has 0 aliphatic rings. The van der Waals surface area contributed by atoms with Gasteiger partial charge in [0.05, 0.1) is 12.5 Å². The Labute approximate surface area is 170 Å². The molecule has 0 saturated carbocycles. The number of carboxylic acids is 1. The molecule has 2 aromatic carbocycles. The van der Waals surface area contributed by atoms with Crippen LogP contribution in [0.2, 0.25) is 5.04 Å². The fourth-order valence-corrected chi connectivity index (χ4v) is 8.43. The smallest absolute Gasteiger partial charge is 0.305 e. The number of carboxylic acid groups (broad SMARTS) is 1. The maximum absolute atomic E-state index is 11.6. The number of rotatable bonds is 9. The zero-order chi connectivity index (χ0) is 20.8. The van der Waals surface area contributed by atoms with Crippen LogP contribution in [0.4, 0.5) is 0 Å². The van der Waals surface area contributed by atoms with E-state index in [4.69, 9.17) is 4.43 Å². The van der Waals surface area contributed by atoms with Crippen LogP contribution in [0.5, 0.6) is 0 Å². The average Bonchev–Trinajstić information content (AvgIpc) is 2.65. The van der Waals surface area contributed by atoms with E-state index in [1.807, 2.05) is 43.4 Å². The standard InChI is InChI=1S/C23H33NO3Si/c1-6-24(5)18-19(17-22(25)26)27-28(23(2,3)4,20-13-9-7-10-14-20)21-15-11-8-12-16-21/h7-16,19H,6,17-18H2,1-5H3,(H,25,26). The molecule has 1 N–H and O–H groups in total. The number of hydrogen-bond donors (Lipinski definition) is 1. The summed E-state index contributed by atoms with van der Waals surface area (Å²) in [5.41, 5.74) is 0. The van der Waals surface area contributed by atoms with Gasteiger partial charge in [0, 0.05) is 6.54 Å². The fraction of sp³-hybridized carbons (Fsp3) is 0.435. The summed E-state index contributed by atoms with van der Waals surface area (Å²) in [6.45, 7) is 10.1. The summed E-state index contributed by atoms with van der Waals surface area (Å²) in [5.74, 6) is -0.826. The van der Waals surface area contributed by atoms with Crippen LogP contribution in [-0.4, -0.2) is 50.5 Å². The molecule has 28 heavy (non-hydrogen) atoms. The number of benzene rings is 2. The van der Waals surface area contributed by atoms with E-state index in [1.54, 1.807) is 0 Å². The Morgan fingerprint density at radius 1 is 1.04 bits per heavy atom. The third-order valence-electron chi connectivity index (χ3n) is 5.22. The molecule has 0 heterocycles. The van der Waals surface area contributed by atoms with Crippen molar-refractivity contribution in [3.8, 4) is 0 Å². The lowest BCUT2D eigenvalue weighted by Crippen LogP contribution is -2.68. The van der Waals surface area contributed by atoms with Gasteiger partial charge in [0.25, 0.3) is 8.32 Å². The van der Waals surface area contributed by atoms with Crippen molar-refractivity contribution in [3.05, 3.63) is 60.7 Å². The fourth-order valence-electron chi connectivity index (χ4n) is 3.76. The first kappa shape index (κ1) is 22.3. The molecule has 0 radical (unpaired) electrons. The van der Waals surface area contributed by atoms with Gasteiger partial charge in [-0.05, 0) is 29.0 Å². The minimum Gasteiger partial charge on any atom is -0.481 e. The van der Waals surface area contributed by atoms with E-state index >= 15 is 0 Å². The molecule has 0 aliphatic carbocycles. The average molecular weight is 400 g/mol. The summed E-state index contributed by atoms with van der Waals surface area (Å²) < 4.78 is 6.97. The normalized spacial score (nSPS) is 13.5. The largest absolute Gasteiger partial charge is 0.481 e. The van der Waals surface area contributed by atoms with E-state index in [0.29, 0.717) is 6.54 Å². The zero-order valence-corrected chi connectivity index (χ0v) is 18.7. The second-order valence-electron chi connectivity index (χ2n) is 8.36. The maximum Gasteiger partial charge on any atom is 0.305 e. The van der Waals surface area contributed by atoms with Crippen molar-refractivity contribution >= 4 is 24.7 Å². The minimum absolute atomic E-state index is 0.00512. The lowest BCUT2D eigenvalue weighted by molar-refractivity contribution is -0.139. The Hall–Kier alpha value is -1.95. The molecular formula is C23H33NO3Si. The number of nitrogens with zero attached hydrogens (tertiary/aromatic N) is 1. The highest BCUT2D eigenvalue weighted by atomic mass is 28.4.